The number of hydrogen-bond donors (Lipinski definition) is 1. The van der Waals surface area contributed by atoms with Gasteiger partial charge in [0, 0.05) is 32.2 Å². The van der Waals surface area contributed by atoms with E-state index in [1.165, 1.54) is 18.4 Å². The molecule has 0 bridgehead atoms. The summed E-state index contributed by atoms with van der Waals surface area (Å²) in [4.78, 5) is 14.0. The van der Waals surface area contributed by atoms with Gasteiger partial charge in [0.25, 0.3) is 0 Å². The zero-order valence-corrected chi connectivity index (χ0v) is 21.7. The molecule has 2 aromatic carbocycles. The highest BCUT2D eigenvalue weighted by atomic mass is 35.5. The van der Waals surface area contributed by atoms with Gasteiger partial charge in [0.2, 0.25) is 0 Å². The largest absolute Gasteiger partial charge is 0.465 e. The number of hydrogen-bond acceptors (Lipinski definition) is 5. The summed E-state index contributed by atoms with van der Waals surface area (Å²) in [6, 6.07) is 13.7. The van der Waals surface area contributed by atoms with Crippen LogP contribution in [-0.4, -0.2) is 18.2 Å². The van der Waals surface area contributed by atoms with Crippen LogP contribution in [0.1, 0.15) is 62.7 Å². The summed E-state index contributed by atoms with van der Waals surface area (Å²) in [6.07, 6.45) is 1.24. The maximum Gasteiger partial charge on any atom is 0.348 e. The fraction of sp³-hybridized carbons (Fsp3) is 0.296. The number of benzene rings is 2. The van der Waals surface area contributed by atoms with Crippen LogP contribution in [0.2, 0.25) is 10.0 Å². The molecule has 34 heavy (non-hydrogen) atoms. The third-order valence-electron chi connectivity index (χ3n) is 7.05. The van der Waals surface area contributed by atoms with Gasteiger partial charge >= 0.3 is 5.97 Å². The predicted molar refractivity (Wildman–Crippen MR) is 140 cm³/mol. The molecule has 176 valence electrons. The van der Waals surface area contributed by atoms with Gasteiger partial charge in [0.15, 0.2) is 0 Å². The summed E-state index contributed by atoms with van der Waals surface area (Å²) in [6.45, 7) is 4.45. The average Bonchev–Trinajstić information content (AvgIpc) is 3.20. The van der Waals surface area contributed by atoms with Crippen LogP contribution in [0.25, 0.3) is 0 Å². The molecule has 1 saturated carbocycles. The number of carbonyl (C=O) groups excluding carboxylic acids is 1. The van der Waals surface area contributed by atoms with E-state index in [0.29, 0.717) is 32.5 Å². The fourth-order valence-corrected chi connectivity index (χ4v) is 7.96. The molecule has 5 rings (SSSR count). The second kappa shape index (κ2) is 9.71. The van der Waals surface area contributed by atoms with E-state index >= 15 is 0 Å². The third kappa shape index (κ3) is 4.12. The average molecular weight is 532 g/mol. The summed E-state index contributed by atoms with van der Waals surface area (Å²) in [5.41, 5.74) is 4.74. The molecule has 3 nitrogen and oxygen atoms in total. The number of aliphatic hydroxyl groups is 1. The summed E-state index contributed by atoms with van der Waals surface area (Å²) >= 11 is 15.7. The van der Waals surface area contributed by atoms with E-state index in [9.17, 15) is 9.90 Å². The van der Waals surface area contributed by atoms with Crippen LogP contribution in [0.4, 0.5) is 0 Å². The minimum absolute atomic E-state index is 0.295. The molecule has 2 aliphatic rings. The van der Waals surface area contributed by atoms with Crippen molar-refractivity contribution >= 4 is 52.3 Å². The molecule has 3 aromatic rings. The number of ether oxygens (including phenoxy) is 1. The van der Waals surface area contributed by atoms with Gasteiger partial charge in [0.1, 0.15) is 4.88 Å². The Bertz CT molecular complexity index is 1250. The Balaban J connectivity index is 1.49. The minimum Gasteiger partial charge on any atom is -0.465 e. The van der Waals surface area contributed by atoms with E-state index in [1.54, 1.807) is 11.8 Å². The fourth-order valence-electron chi connectivity index (χ4n) is 5.16. The van der Waals surface area contributed by atoms with Crippen molar-refractivity contribution in [2.24, 2.45) is 5.92 Å². The molecule has 1 heterocycles. The van der Waals surface area contributed by atoms with E-state index in [4.69, 9.17) is 27.9 Å². The zero-order chi connectivity index (χ0) is 24.0. The summed E-state index contributed by atoms with van der Waals surface area (Å²) < 4.78 is 5.02. The monoisotopic (exact) mass is 530 g/mol. The topological polar surface area (TPSA) is 46.5 Å². The van der Waals surface area contributed by atoms with Crippen LogP contribution in [-0.2, 0) is 10.5 Å². The lowest BCUT2D eigenvalue weighted by molar-refractivity contribution is 0.0598. The molecule has 7 heteroatoms. The smallest absolute Gasteiger partial charge is 0.348 e. The van der Waals surface area contributed by atoms with Crippen molar-refractivity contribution in [3.63, 3.8) is 0 Å². The van der Waals surface area contributed by atoms with Gasteiger partial charge in [-0.3, -0.25) is 0 Å². The second-order valence-corrected chi connectivity index (χ2v) is 11.5. The molecule has 1 aromatic heterocycles. The zero-order valence-electron chi connectivity index (χ0n) is 18.6. The van der Waals surface area contributed by atoms with Crippen LogP contribution in [0.3, 0.4) is 0 Å². The molecule has 4 atom stereocenters. The molecule has 2 aliphatic carbocycles. The highest BCUT2D eigenvalue weighted by Gasteiger charge is 2.46. The highest BCUT2D eigenvalue weighted by Crippen LogP contribution is 2.58. The number of esters is 1. The number of carbonyl (C=O) groups is 1. The minimum atomic E-state index is -0.855. The predicted octanol–water partition coefficient (Wildman–Crippen LogP) is 8.01. The van der Waals surface area contributed by atoms with Crippen molar-refractivity contribution < 1.29 is 14.6 Å². The van der Waals surface area contributed by atoms with Gasteiger partial charge < -0.3 is 9.84 Å². The Labute approximate surface area is 217 Å². The van der Waals surface area contributed by atoms with Crippen molar-refractivity contribution in [3.05, 3.63) is 97.2 Å². The first-order valence-electron chi connectivity index (χ1n) is 11.1. The number of methoxy groups -OCH3 is 1. The maximum atomic E-state index is 12.5. The number of thiophene rings is 1. The van der Waals surface area contributed by atoms with Gasteiger partial charge in [0.05, 0.1) is 13.2 Å². The van der Waals surface area contributed by atoms with E-state index in [2.05, 4.69) is 12.6 Å². The molecular weight excluding hydrogens is 507 g/mol. The van der Waals surface area contributed by atoms with Gasteiger partial charge in [-0.05, 0) is 71.0 Å². The van der Waals surface area contributed by atoms with Crippen LogP contribution < -0.4 is 0 Å². The molecule has 0 radical (unpaired) electrons. The SMILES string of the molecule is C=C1C(c2cccc(SCc3c(Cl)cccc3Cl)c2)C(O)c2c(csc2C(=O)OC)[C@H]2CCC12. The van der Waals surface area contributed by atoms with E-state index < -0.39 is 12.1 Å². The number of aliphatic hydroxyl groups excluding tert-OH is 1. The molecule has 3 unspecified atom stereocenters. The lowest BCUT2D eigenvalue weighted by Gasteiger charge is -2.38. The van der Waals surface area contributed by atoms with Gasteiger partial charge in [-0.2, -0.15) is 0 Å². The van der Waals surface area contributed by atoms with Crippen LogP contribution in [0.15, 0.2) is 64.9 Å². The van der Waals surface area contributed by atoms with E-state index in [1.807, 2.05) is 41.8 Å². The Hall–Kier alpha value is -1.76. The van der Waals surface area contributed by atoms with Crippen LogP contribution >= 0.6 is 46.3 Å². The maximum absolute atomic E-state index is 12.5. The number of halogens is 2. The Morgan fingerprint density at radius 2 is 1.88 bits per heavy atom. The Morgan fingerprint density at radius 3 is 2.56 bits per heavy atom. The molecule has 0 aliphatic heterocycles. The first kappa shape index (κ1) is 24.0. The van der Waals surface area contributed by atoms with Crippen molar-refractivity contribution in [3.8, 4) is 0 Å². The van der Waals surface area contributed by atoms with Gasteiger partial charge in [-0.15, -0.1) is 23.1 Å². The number of rotatable bonds is 5. The van der Waals surface area contributed by atoms with Crippen molar-refractivity contribution in [1.82, 2.24) is 0 Å². The van der Waals surface area contributed by atoms with Crippen LogP contribution in [0, 0.1) is 5.92 Å². The lowest BCUT2D eigenvalue weighted by atomic mass is 9.66. The first-order chi connectivity index (χ1) is 16.4. The van der Waals surface area contributed by atoms with Crippen molar-refractivity contribution in [1.29, 1.82) is 0 Å². The molecule has 0 saturated heterocycles. The lowest BCUT2D eigenvalue weighted by Crippen LogP contribution is -2.26. The van der Waals surface area contributed by atoms with Gasteiger partial charge in [-0.25, -0.2) is 4.79 Å². The number of thioether (sulfide) groups is 1. The number of fused-ring (bicyclic) bond motifs is 3. The summed E-state index contributed by atoms with van der Waals surface area (Å²) in [5.74, 6) is 0.558. The van der Waals surface area contributed by atoms with Crippen molar-refractivity contribution in [2.45, 2.75) is 41.4 Å². The molecule has 0 spiro atoms. The summed E-state index contributed by atoms with van der Waals surface area (Å²) in [5, 5.41) is 15.0. The van der Waals surface area contributed by atoms with E-state index in [-0.39, 0.29) is 5.92 Å². The first-order valence-corrected chi connectivity index (χ1v) is 13.7. The standard InChI is InChI=1S/C27H24Cl2O3S2/c1-14-17-9-10-18(17)19-12-34-26(27(31)32-2)24(19)25(30)23(14)15-5-3-6-16(11-15)33-13-20-21(28)7-4-8-22(20)29/h3-8,11-12,17-18,23,25,30H,1,9-10,13H2,2H3/t17?,18-,23?,25?/m0/s1. The molecule has 0 amide bonds. The molecule has 1 fully saturated rings. The van der Waals surface area contributed by atoms with Crippen molar-refractivity contribution in [2.75, 3.05) is 7.11 Å². The van der Waals surface area contributed by atoms with E-state index in [0.717, 1.165) is 45.6 Å². The molecular formula is C27H24Cl2O3S2. The second-order valence-electron chi connectivity index (χ2n) is 8.77. The normalized spacial score (nSPS) is 23.5. The quantitative estimate of drug-likeness (QED) is 0.206. The Kier molecular flexibility index (Phi) is 6.84. The van der Waals surface area contributed by atoms with Gasteiger partial charge in [-0.1, -0.05) is 53.6 Å². The highest BCUT2D eigenvalue weighted by molar-refractivity contribution is 7.98. The molecule has 1 N–H and O–H groups in total. The third-order valence-corrected chi connectivity index (χ3v) is 9.78. The summed E-state index contributed by atoms with van der Waals surface area (Å²) in [7, 11) is 1.38. The Morgan fingerprint density at radius 1 is 1.18 bits per heavy atom. The van der Waals surface area contributed by atoms with Crippen LogP contribution in [0.5, 0.6) is 0 Å².